The van der Waals surface area contributed by atoms with E-state index in [1.165, 1.54) is 5.56 Å². The van der Waals surface area contributed by atoms with Crippen LogP contribution in [0.1, 0.15) is 18.4 Å². The number of rotatable bonds is 5. The van der Waals surface area contributed by atoms with Crippen molar-refractivity contribution in [3.63, 3.8) is 0 Å². The molecular weight excluding hydrogens is 160 g/mol. The number of benzene rings is 1. The molecule has 0 atom stereocenters. The Balaban J connectivity index is 2.17. The highest BCUT2D eigenvalue weighted by atomic mass is 16.2. The lowest BCUT2D eigenvalue weighted by Gasteiger charge is -1.97. The molecule has 1 aromatic carbocycles. The quantitative estimate of drug-likeness (QED) is 0.484. The number of hydrogen-bond acceptors (Lipinski definition) is 0. The second-order valence-corrected chi connectivity index (χ2v) is 3.02. The third-order valence-electron chi connectivity index (χ3n) is 1.94. The highest BCUT2D eigenvalue weighted by Crippen LogP contribution is 2.04. The van der Waals surface area contributed by atoms with E-state index in [4.69, 9.17) is 0 Å². The van der Waals surface area contributed by atoms with Crippen molar-refractivity contribution in [2.75, 3.05) is 6.61 Å². The van der Waals surface area contributed by atoms with Gasteiger partial charge < -0.3 is 0 Å². The maximum Gasteiger partial charge on any atom is 0.100 e. The van der Waals surface area contributed by atoms with Gasteiger partial charge in [-0.1, -0.05) is 42.5 Å². The topological polar surface area (TPSA) is 19.9 Å². The second kappa shape index (κ2) is 6.44. The molecule has 1 nitrogen and oxygen atoms in total. The van der Waals surface area contributed by atoms with E-state index < -0.39 is 0 Å². The molecule has 0 aliphatic carbocycles. The lowest BCUT2D eigenvalue weighted by molar-refractivity contribution is 0.232. The van der Waals surface area contributed by atoms with Crippen LogP contribution in [0.3, 0.4) is 0 Å². The first-order valence-electron chi connectivity index (χ1n) is 4.70. The van der Waals surface area contributed by atoms with Crippen molar-refractivity contribution >= 4 is 0 Å². The van der Waals surface area contributed by atoms with E-state index >= 15 is 0 Å². The van der Waals surface area contributed by atoms with Crippen molar-refractivity contribution in [2.24, 2.45) is 0 Å². The van der Waals surface area contributed by atoms with Gasteiger partial charge in [-0.2, -0.15) is 0 Å². The maximum atomic E-state index is 10.1. The Kier molecular flexibility index (Phi) is 4.95. The van der Waals surface area contributed by atoms with Crippen LogP contribution in [0.2, 0.25) is 0 Å². The van der Waals surface area contributed by atoms with Gasteiger partial charge in [0.1, 0.15) is 6.61 Å². The molecule has 1 aromatic rings. The molecule has 1 rings (SSSR count). The summed E-state index contributed by atoms with van der Waals surface area (Å²) in [5.41, 5.74) is 1.37. The van der Waals surface area contributed by atoms with Gasteiger partial charge in [0.05, 0.1) is 0 Å². The van der Waals surface area contributed by atoms with Crippen molar-refractivity contribution in [1.82, 2.24) is 0 Å². The highest BCUT2D eigenvalue weighted by Gasteiger charge is 1.89. The van der Waals surface area contributed by atoms with Crippen LogP contribution in [0, 0.1) is 0 Å². The molecule has 0 unspecified atom stereocenters. The summed E-state index contributed by atoms with van der Waals surface area (Å²) < 4.78 is 0. The van der Waals surface area contributed by atoms with E-state index in [0.717, 1.165) is 19.3 Å². The predicted octanol–water partition coefficient (Wildman–Crippen LogP) is 3.00. The van der Waals surface area contributed by atoms with Crippen LogP contribution in [0.25, 0.3) is 0 Å². The van der Waals surface area contributed by atoms with Gasteiger partial charge in [-0.25, -0.2) is 5.11 Å². The van der Waals surface area contributed by atoms with Gasteiger partial charge in [0.15, 0.2) is 0 Å². The minimum absolute atomic E-state index is 0.0919. The molecule has 13 heavy (non-hydrogen) atoms. The molecule has 0 spiro atoms. The summed E-state index contributed by atoms with van der Waals surface area (Å²) in [6, 6.07) is 10.4. The first kappa shape index (κ1) is 10.0. The van der Waals surface area contributed by atoms with Gasteiger partial charge in [-0.3, -0.25) is 0 Å². The first-order chi connectivity index (χ1) is 6.43. The Hall–Kier alpha value is -1.08. The summed E-state index contributed by atoms with van der Waals surface area (Å²) in [6.07, 6.45) is 6.89. The van der Waals surface area contributed by atoms with Crippen LogP contribution in [-0.4, -0.2) is 6.61 Å². The van der Waals surface area contributed by atoms with Crippen LogP contribution in [0.15, 0.2) is 42.5 Å². The molecule has 0 aromatic heterocycles. The van der Waals surface area contributed by atoms with Crippen LogP contribution in [-0.2, 0) is 11.5 Å². The van der Waals surface area contributed by atoms with Crippen molar-refractivity contribution in [1.29, 1.82) is 0 Å². The van der Waals surface area contributed by atoms with Gasteiger partial charge in [0, 0.05) is 0 Å². The third kappa shape index (κ3) is 4.48. The summed E-state index contributed by atoms with van der Waals surface area (Å²) in [5.74, 6) is 0. The van der Waals surface area contributed by atoms with E-state index in [9.17, 15) is 5.11 Å². The molecule has 0 fully saturated rings. The van der Waals surface area contributed by atoms with Crippen molar-refractivity contribution in [3.8, 4) is 0 Å². The zero-order valence-corrected chi connectivity index (χ0v) is 7.78. The van der Waals surface area contributed by atoms with E-state index in [-0.39, 0.29) is 6.61 Å². The molecular formula is C12H15O. The molecule has 0 amide bonds. The van der Waals surface area contributed by atoms with Gasteiger partial charge in [-0.15, -0.1) is 0 Å². The summed E-state index contributed by atoms with van der Waals surface area (Å²) in [4.78, 5) is 0. The Morgan fingerprint density at radius 3 is 2.54 bits per heavy atom. The minimum Gasteiger partial charge on any atom is -0.232 e. The Morgan fingerprint density at radius 2 is 1.85 bits per heavy atom. The van der Waals surface area contributed by atoms with E-state index in [2.05, 4.69) is 24.3 Å². The largest absolute Gasteiger partial charge is 0.232 e. The second-order valence-electron chi connectivity index (χ2n) is 3.02. The van der Waals surface area contributed by atoms with Crippen molar-refractivity contribution < 1.29 is 5.11 Å². The normalized spacial score (nSPS) is 10.8. The lowest BCUT2D eigenvalue weighted by Crippen LogP contribution is -1.83. The average molecular weight is 175 g/mol. The monoisotopic (exact) mass is 175 g/mol. The summed E-state index contributed by atoms with van der Waals surface area (Å²) in [5, 5.41) is 10.1. The number of unbranched alkanes of at least 4 members (excludes halogenated alkanes) is 1. The van der Waals surface area contributed by atoms with Crippen LogP contribution >= 0.6 is 0 Å². The predicted molar refractivity (Wildman–Crippen MR) is 54.1 cm³/mol. The van der Waals surface area contributed by atoms with E-state index in [1.807, 2.05) is 12.1 Å². The third-order valence-corrected chi connectivity index (χ3v) is 1.94. The fourth-order valence-corrected chi connectivity index (χ4v) is 1.25. The van der Waals surface area contributed by atoms with Crippen LogP contribution < -0.4 is 0 Å². The van der Waals surface area contributed by atoms with Gasteiger partial charge in [0.2, 0.25) is 0 Å². The molecule has 0 N–H and O–H groups in total. The molecule has 0 bridgehead atoms. The van der Waals surface area contributed by atoms with E-state index in [0.29, 0.717) is 0 Å². The summed E-state index contributed by atoms with van der Waals surface area (Å²) >= 11 is 0. The van der Waals surface area contributed by atoms with Gasteiger partial charge >= 0.3 is 0 Å². The van der Waals surface area contributed by atoms with E-state index in [1.54, 1.807) is 6.08 Å². The van der Waals surface area contributed by atoms with Crippen LogP contribution in [0.5, 0.6) is 0 Å². The Bertz CT molecular complexity index is 239. The van der Waals surface area contributed by atoms with Crippen LogP contribution in [0.4, 0.5) is 0 Å². The first-order valence-corrected chi connectivity index (χ1v) is 4.70. The average Bonchev–Trinajstić information content (AvgIpc) is 2.19. The molecule has 1 radical (unpaired) electrons. The standard InChI is InChI=1S/C12H15O/c13-11-7-2-1-4-8-12-9-5-3-6-10-12/h2-3,5-7,9-10H,1,4,8,11H2. The number of aryl methyl sites for hydroxylation is 1. The van der Waals surface area contributed by atoms with Gasteiger partial charge in [0.25, 0.3) is 0 Å². The molecule has 69 valence electrons. The molecule has 0 aliphatic heterocycles. The Labute approximate surface area is 79.7 Å². The molecule has 0 saturated heterocycles. The molecule has 0 heterocycles. The SMILES string of the molecule is [O]CC=CCCCc1ccccc1. The zero-order chi connectivity index (χ0) is 9.36. The summed E-state index contributed by atoms with van der Waals surface area (Å²) in [7, 11) is 0. The summed E-state index contributed by atoms with van der Waals surface area (Å²) in [6.45, 7) is -0.0919. The van der Waals surface area contributed by atoms with Crippen molar-refractivity contribution in [3.05, 3.63) is 48.0 Å². The Morgan fingerprint density at radius 1 is 1.08 bits per heavy atom. The fourth-order valence-electron chi connectivity index (χ4n) is 1.25. The molecule has 0 aliphatic rings. The molecule has 1 heteroatoms. The number of hydrogen-bond donors (Lipinski definition) is 0. The lowest BCUT2D eigenvalue weighted by atomic mass is 10.1. The van der Waals surface area contributed by atoms with Crippen molar-refractivity contribution in [2.45, 2.75) is 19.3 Å². The molecule has 0 saturated carbocycles. The maximum absolute atomic E-state index is 10.1. The fraction of sp³-hybridized carbons (Fsp3) is 0.333. The minimum atomic E-state index is -0.0919. The highest BCUT2D eigenvalue weighted by molar-refractivity contribution is 5.14. The number of allylic oxidation sites excluding steroid dienone is 1. The smallest absolute Gasteiger partial charge is 0.100 e. The van der Waals surface area contributed by atoms with Gasteiger partial charge in [-0.05, 0) is 24.8 Å². The zero-order valence-electron chi connectivity index (χ0n) is 7.78.